The molecule has 0 spiro atoms. The maximum atomic E-state index is 12.3. The second-order valence-corrected chi connectivity index (χ2v) is 8.76. The van der Waals surface area contributed by atoms with Gasteiger partial charge < -0.3 is 10.1 Å². The molecule has 0 fully saturated rings. The second-order valence-electron chi connectivity index (χ2n) is 7.92. The van der Waals surface area contributed by atoms with Gasteiger partial charge in [-0.25, -0.2) is 9.67 Å². The molecule has 0 aliphatic carbocycles. The van der Waals surface area contributed by atoms with Crippen molar-refractivity contribution in [1.82, 2.24) is 20.2 Å². The molecule has 190 valence electrons. The Bertz CT molecular complexity index is 1410. The lowest BCUT2D eigenvalue weighted by molar-refractivity contribution is -0.274. The zero-order valence-electron chi connectivity index (χ0n) is 19.5. The molecular formula is C25H20ClF3N6OS. The largest absolute Gasteiger partial charge is 0.573 e. The van der Waals surface area contributed by atoms with E-state index >= 15 is 0 Å². The van der Waals surface area contributed by atoms with Gasteiger partial charge in [-0.05, 0) is 79.2 Å². The van der Waals surface area contributed by atoms with Gasteiger partial charge >= 0.3 is 6.36 Å². The summed E-state index contributed by atoms with van der Waals surface area (Å²) in [6, 6.07) is 16.4. The van der Waals surface area contributed by atoms with Gasteiger partial charge in [0.25, 0.3) is 0 Å². The number of aromatic nitrogens is 3. The molecule has 0 atom stereocenters. The smallest absolute Gasteiger partial charge is 0.406 e. The van der Waals surface area contributed by atoms with Crippen LogP contribution in [0.4, 0.5) is 18.9 Å². The molecule has 0 aliphatic heterocycles. The lowest BCUT2D eigenvalue weighted by Crippen LogP contribution is -2.24. The minimum atomic E-state index is -4.74. The number of rotatable bonds is 6. The summed E-state index contributed by atoms with van der Waals surface area (Å²) in [5.74, 6) is 0.145. The molecule has 37 heavy (non-hydrogen) atoms. The van der Waals surface area contributed by atoms with E-state index in [4.69, 9.17) is 23.8 Å². The number of aryl methyl sites for hydroxylation is 2. The highest BCUT2D eigenvalue weighted by Crippen LogP contribution is 2.25. The van der Waals surface area contributed by atoms with Crippen molar-refractivity contribution in [2.75, 3.05) is 5.32 Å². The third kappa shape index (κ3) is 7.05. The van der Waals surface area contributed by atoms with Gasteiger partial charge in [0.05, 0.1) is 11.9 Å². The van der Waals surface area contributed by atoms with Gasteiger partial charge in [-0.1, -0.05) is 35.9 Å². The van der Waals surface area contributed by atoms with E-state index in [-0.39, 0.29) is 5.75 Å². The average molecular weight is 545 g/mol. The number of nitrogens with zero attached hydrogens (tertiary/aromatic N) is 4. The van der Waals surface area contributed by atoms with Crippen LogP contribution in [0, 0.1) is 13.8 Å². The lowest BCUT2D eigenvalue weighted by Gasteiger charge is -2.13. The molecule has 0 unspecified atom stereocenters. The molecular weight excluding hydrogens is 525 g/mol. The average Bonchev–Trinajstić information content (AvgIpc) is 3.32. The summed E-state index contributed by atoms with van der Waals surface area (Å²) < 4.78 is 42.3. The maximum Gasteiger partial charge on any atom is 0.573 e. The molecule has 0 saturated carbocycles. The summed E-state index contributed by atoms with van der Waals surface area (Å²) >= 11 is 11.4. The maximum absolute atomic E-state index is 12.3. The van der Waals surface area contributed by atoms with E-state index in [0.29, 0.717) is 21.6 Å². The van der Waals surface area contributed by atoms with Gasteiger partial charge in [-0.15, -0.1) is 18.3 Å². The Hall–Kier alpha value is -3.96. The van der Waals surface area contributed by atoms with Gasteiger partial charge in [0.1, 0.15) is 12.1 Å². The topological polar surface area (TPSA) is 76.4 Å². The van der Waals surface area contributed by atoms with Crippen LogP contribution in [-0.2, 0) is 0 Å². The number of hydrazone groups is 1. The van der Waals surface area contributed by atoms with E-state index in [9.17, 15) is 13.2 Å². The summed E-state index contributed by atoms with van der Waals surface area (Å²) in [5.41, 5.74) is 7.72. The standard InChI is InChI=1S/C25H20ClF3N6OS/c1-15-11-19(26)12-16(2)22(15)32-24(37)33-31-13-17-3-5-18(6-4-17)23-30-14-35(34-23)20-7-9-21(10-8-20)36-25(27,28)29/h3-14H,1-2H3,(H2,32,33,37)/b31-13+. The van der Waals surface area contributed by atoms with Crippen molar-refractivity contribution < 1.29 is 17.9 Å². The summed E-state index contributed by atoms with van der Waals surface area (Å²) in [5, 5.41) is 12.7. The SMILES string of the molecule is Cc1cc(Cl)cc(C)c1NC(=S)N/N=C/c1ccc(-c2ncn(-c3ccc(OC(F)(F)F)cc3)n2)cc1. The molecule has 0 amide bonds. The van der Waals surface area contributed by atoms with Crippen LogP contribution in [0.2, 0.25) is 5.02 Å². The molecule has 0 radical (unpaired) electrons. The monoisotopic (exact) mass is 544 g/mol. The van der Waals surface area contributed by atoms with Crippen LogP contribution >= 0.6 is 23.8 Å². The lowest BCUT2D eigenvalue weighted by atomic mass is 10.1. The zero-order valence-corrected chi connectivity index (χ0v) is 21.1. The first-order valence-corrected chi connectivity index (χ1v) is 11.6. The predicted molar refractivity (Wildman–Crippen MR) is 141 cm³/mol. The number of hydrogen-bond donors (Lipinski definition) is 2. The predicted octanol–water partition coefficient (Wildman–Crippen LogP) is 6.42. The summed E-state index contributed by atoms with van der Waals surface area (Å²) in [4.78, 5) is 4.28. The van der Waals surface area contributed by atoms with E-state index in [2.05, 4.69) is 30.7 Å². The van der Waals surface area contributed by atoms with Crippen LogP contribution in [-0.4, -0.2) is 32.5 Å². The van der Waals surface area contributed by atoms with Gasteiger partial charge in [0.2, 0.25) is 0 Å². The molecule has 1 aromatic heterocycles. The molecule has 0 saturated heterocycles. The molecule has 0 aliphatic rings. The normalized spacial score (nSPS) is 11.5. The molecule has 2 N–H and O–H groups in total. The third-order valence-corrected chi connectivity index (χ3v) is 5.52. The Morgan fingerprint density at radius 1 is 1.05 bits per heavy atom. The first kappa shape index (κ1) is 26.1. The van der Waals surface area contributed by atoms with Crippen molar-refractivity contribution in [3.05, 3.63) is 88.7 Å². The molecule has 12 heteroatoms. The van der Waals surface area contributed by atoms with E-state index < -0.39 is 6.36 Å². The minimum absolute atomic E-state index is 0.310. The molecule has 4 aromatic rings. The first-order chi connectivity index (χ1) is 17.6. The molecule has 3 aromatic carbocycles. The quantitative estimate of drug-likeness (QED) is 0.166. The Labute approximate surface area is 220 Å². The molecule has 0 bridgehead atoms. The molecule has 1 heterocycles. The Kier molecular flexibility index (Phi) is 7.74. The van der Waals surface area contributed by atoms with E-state index in [1.165, 1.54) is 35.3 Å². The number of halogens is 4. The molecule has 4 rings (SSSR count). The fourth-order valence-corrected chi connectivity index (χ4v) is 3.94. The minimum Gasteiger partial charge on any atom is -0.406 e. The second kappa shape index (κ2) is 11.0. The Morgan fingerprint density at radius 2 is 1.70 bits per heavy atom. The number of alkyl halides is 3. The number of thiocarbonyl (C=S) groups is 1. The van der Waals surface area contributed by atoms with Crippen LogP contribution in [0.15, 0.2) is 72.1 Å². The van der Waals surface area contributed by atoms with Gasteiger partial charge in [-0.3, -0.25) is 5.43 Å². The Balaban J connectivity index is 1.35. The first-order valence-electron chi connectivity index (χ1n) is 10.8. The summed E-state index contributed by atoms with van der Waals surface area (Å²) in [7, 11) is 0. The highest BCUT2D eigenvalue weighted by molar-refractivity contribution is 7.80. The van der Waals surface area contributed by atoms with E-state index in [0.717, 1.165) is 27.9 Å². The third-order valence-electron chi connectivity index (χ3n) is 5.11. The summed E-state index contributed by atoms with van der Waals surface area (Å²) in [6.07, 6.45) is -1.64. The van der Waals surface area contributed by atoms with Crippen molar-refractivity contribution in [1.29, 1.82) is 0 Å². The number of anilines is 1. The number of hydrogen-bond acceptors (Lipinski definition) is 5. The number of benzene rings is 3. The van der Waals surface area contributed by atoms with Crippen LogP contribution in [0.3, 0.4) is 0 Å². The van der Waals surface area contributed by atoms with Crippen molar-refractivity contribution in [3.63, 3.8) is 0 Å². The van der Waals surface area contributed by atoms with Gasteiger partial charge in [-0.2, -0.15) is 5.10 Å². The zero-order chi connectivity index (χ0) is 26.6. The van der Waals surface area contributed by atoms with Crippen molar-refractivity contribution in [3.8, 4) is 22.8 Å². The highest BCUT2D eigenvalue weighted by Gasteiger charge is 2.31. The van der Waals surface area contributed by atoms with Crippen LogP contribution in [0.5, 0.6) is 5.75 Å². The Morgan fingerprint density at radius 3 is 2.32 bits per heavy atom. The van der Waals surface area contributed by atoms with Crippen molar-refractivity contribution in [2.45, 2.75) is 20.2 Å². The fraction of sp³-hybridized carbons (Fsp3) is 0.120. The summed E-state index contributed by atoms with van der Waals surface area (Å²) in [6.45, 7) is 3.88. The molecule has 7 nitrogen and oxygen atoms in total. The van der Waals surface area contributed by atoms with Gasteiger partial charge in [0.15, 0.2) is 10.9 Å². The number of nitrogens with one attached hydrogen (secondary N) is 2. The fourth-order valence-electron chi connectivity index (χ4n) is 3.45. The van der Waals surface area contributed by atoms with Crippen LogP contribution in [0.1, 0.15) is 16.7 Å². The van der Waals surface area contributed by atoms with Crippen molar-refractivity contribution >= 4 is 40.8 Å². The van der Waals surface area contributed by atoms with Crippen LogP contribution < -0.4 is 15.5 Å². The van der Waals surface area contributed by atoms with Gasteiger partial charge in [0, 0.05) is 16.3 Å². The highest BCUT2D eigenvalue weighted by atomic mass is 35.5. The van der Waals surface area contributed by atoms with E-state index in [1.54, 1.807) is 6.21 Å². The van der Waals surface area contributed by atoms with E-state index in [1.807, 2.05) is 50.2 Å². The van der Waals surface area contributed by atoms with Crippen molar-refractivity contribution in [2.24, 2.45) is 5.10 Å². The number of ether oxygens (including phenoxy) is 1. The van der Waals surface area contributed by atoms with Crippen LogP contribution in [0.25, 0.3) is 17.1 Å².